The van der Waals surface area contributed by atoms with E-state index in [-0.39, 0.29) is 24.5 Å². The van der Waals surface area contributed by atoms with Crippen molar-refractivity contribution < 1.29 is 27.8 Å². The third kappa shape index (κ3) is 6.15. The minimum atomic E-state index is -4.42. The van der Waals surface area contributed by atoms with E-state index in [4.69, 9.17) is 9.84 Å². The van der Waals surface area contributed by atoms with Crippen LogP contribution in [0.15, 0.2) is 60.7 Å². The Bertz CT molecular complexity index is 1080. The van der Waals surface area contributed by atoms with Gasteiger partial charge in [0.25, 0.3) is 0 Å². The second kappa shape index (κ2) is 9.97. The lowest BCUT2D eigenvalue weighted by atomic mass is 10.1. The Morgan fingerprint density at radius 2 is 1.85 bits per heavy atom. The zero-order valence-corrected chi connectivity index (χ0v) is 18.7. The first-order chi connectivity index (χ1) is 15.8. The monoisotopic (exact) mass is 475 g/mol. The second-order valence-corrected chi connectivity index (χ2v) is 9.38. The van der Waals surface area contributed by atoms with Gasteiger partial charge >= 0.3 is 12.1 Å². The van der Waals surface area contributed by atoms with Crippen molar-refractivity contribution in [2.75, 3.05) is 13.1 Å². The van der Waals surface area contributed by atoms with Gasteiger partial charge in [0.15, 0.2) is 0 Å². The molecule has 2 aromatic carbocycles. The molecule has 4 rings (SSSR count). The normalized spacial score (nSPS) is 16.8. The minimum absolute atomic E-state index is 0.0585. The molecule has 33 heavy (non-hydrogen) atoms. The first-order valence-corrected chi connectivity index (χ1v) is 11.5. The number of rotatable bonds is 8. The van der Waals surface area contributed by atoms with Crippen LogP contribution in [0.4, 0.5) is 13.2 Å². The molecule has 8 heteroatoms. The van der Waals surface area contributed by atoms with Gasteiger partial charge in [0.1, 0.15) is 17.2 Å². The fourth-order valence-electron chi connectivity index (χ4n) is 4.13. The molecule has 2 heterocycles. The van der Waals surface area contributed by atoms with Gasteiger partial charge in [0.2, 0.25) is 0 Å². The van der Waals surface area contributed by atoms with Crippen molar-refractivity contribution >= 4 is 17.3 Å². The number of benzene rings is 2. The number of alkyl halides is 3. The maximum atomic E-state index is 13.5. The van der Waals surface area contributed by atoms with Gasteiger partial charge in [-0.1, -0.05) is 42.5 Å². The Labute approximate surface area is 194 Å². The number of ether oxygens (including phenoxy) is 1. The van der Waals surface area contributed by atoms with E-state index in [2.05, 4.69) is 4.90 Å². The number of carboxylic acid groups (broad SMARTS) is 1. The Balaban J connectivity index is 1.37. The van der Waals surface area contributed by atoms with E-state index >= 15 is 0 Å². The quantitative estimate of drug-likeness (QED) is 0.415. The lowest BCUT2D eigenvalue weighted by Gasteiger charge is -2.16. The van der Waals surface area contributed by atoms with Crippen LogP contribution in [0, 0.1) is 5.92 Å². The Kier molecular flexibility index (Phi) is 7.05. The molecule has 1 aliphatic heterocycles. The van der Waals surface area contributed by atoms with E-state index in [9.17, 15) is 18.0 Å². The van der Waals surface area contributed by atoms with Crippen molar-refractivity contribution in [3.8, 4) is 16.9 Å². The largest absolute Gasteiger partial charge is 0.488 e. The van der Waals surface area contributed by atoms with Crippen LogP contribution in [0.25, 0.3) is 11.1 Å². The highest BCUT2D eigenvalue weighted by molar-refractivity contribution is 7.12. The lowest BCUT2D eigenvalue weighted by molar-refractivity contribution is -0.138. The third-order valence-electron chi connectivity index (χ3n) is 5.67. The van der Waals surface area contributed by atoms with E-state index in [0.717, 1.165) is 31.6 Å². The molecule has 1 aliphatic rings. The summed E-state index contributed by atoms with van der Waals surface area (Å²) in [5, 5.41) is 8.94. The number of carboxylic acids is 1. The van der Waals surface area contributed by atoms with Crippen molar-refractivity contribution in [1.29, 1.82) is 0 Å². The summed E-state index contributed by atoms with van der Waals surface area (Å²) in [5.41, 5.74) is 1.79. The van der Waals surface area contributed by atoms with Crippen LogP contribution in [-0.2, 0) is 24.1 Å². The second-order valence-electron chi connectivity index (χ2n) is 8.24. The first-order valence-electron chi connectivity index (χ1n) is 10.7. The molecule has 1 atom stereocenters. The van der Waals surface area contributed by atoms with Crippen molar-refractivity contribution in [2.45, 2.75) is 32.2 Å². The maximum absolute atomic E-state index is 13.5. The van der Waals surface area contributed by atoms with Gasteiger partial charge in [-0.3, -0.25) is 9.69 Å². The Morgan fingerprint density at radius 3 is 2.52 bits per heavy atom. The summed E-state index contributed by atoms with van der Waals surface area (Å²) in [6.07, 6.45) is -3.33. The van der Waals surface area contributed by atoms with Crippen molar-refractivity contribution in [3.05, 3.63) is 76.0 Å². The van der Waals surface area contributed by atoms with Gasteiger partial charge in [-0.25, -0.2) is 0 Å². The molecule has 1 saturated heterocycles. The Hall–Kier alpha value is -2.84. The van der Waals surface area contributed by atoms with E-state index in [1.807, 2.05) is 24.3 Å². The first kappa shape index (κ1) is 23.3. The molecule has 0 radical (unpaired) electrons. The number of hydrogen-bond donors (Lipinski definition) is 1. The van der Waals surface area contributed by atoms with Crippen LogP contribution in [0.1, 0.15) is 28.2 Å². The molecule has 3 aromatic rings. The van der Waals surface area contributed by atoms with Crippen molar-refractivity contribution in [2.24, 2.45) is 5.92 Å². The van der Waals surface area contributed by atoms with Crippen LogP contribution >= 0.6 is 11.3 Å². The van der Waals surface area contributed by atoms with Gasteiger partial charge in [-0.15, -0.1) is 11.3 Å². The molecule has 1 unspecified atom stereocenters. The summed E-state index contributed by atoms with van der Waals surface area (Å²) >= 11 is 0.711. The fraction of sp³-hybridized carbons (Fsp3) is 0.320. The summed E-state index contributed by atoms with van der Waals surface area (Å²) in [6.45, 7) is 2.44. The van der Waals surface area contributed by atoms with Gasteiger partial charge in [-0.05, 0) is 48.2 Å². The summed E-state index contributed by atoms with van der Waals surface area (Å²) in [6, 6.07) is 17.6. The number of halogens is 3. The summed E-state index contributed by atoms with van der Waals surface area (Å²) in [5.74, 6) is 0.0257. The molecule has 0 amide bonds. The molecule has 0 spiro atoms. The van der Waals surface area contributed by atoms with Crippen LogP contribution in [0.3, 0.4) is 0 Å². The molecule has 0 aliphatic carbocycles. The van der Waals surface area contributed by atoms with Crippen LogP contribution in [0.2, 0.25) is 0 Å². The predicted octanol–water partition coefficient (Wildman–Crippen LogP) is 6.31. The zero-order valence-electron chi connectivity index (χ0n) is 17.8. The SMILES string of the molecule is O=C(O)CC1CCN(Cc2ccc(OCc3cc(-c4ccccc4)c(C(F)(F)F)s3)cc2)C1. The molecule has 174 valence electrons. The van der Waals surface area contributed by atoms with E-state index in [1.54, 1.807) is 36.4 Å². The number of nitrogens with zero attached hydrogens (tertiary/aromatic N) is 1. The van der Waals surface area contributed by atoms with Gasteiger partial charge < -0.3 is 9.84 Å². The maximum Gasteiger partial charge on any atom is 0.426 e. The Morgan fingerprint density at radius 1 is 1.12 bits per heavy atom. The van der Waals surface area contributed by atoms with Gasteiger partial charge in [0.05, 0.1) is 0 Å². The molecule has 0 bridgehead atoms. The van der Waals surface area contributed by atoms with E-state index < -0.39 is 17.0 Å². The molecule has 4 nitrogen and oxygen atoms in total. The lowest BCUT2D eigenvalue weighted by Crippen LogP contribution is -2.20. The number of thiophene rings is 1. The van der Waals surface area contributed by atoms with Crippen LogP contribution < -0.4 is 4.74 Å². The van der Waals surface area contributed by atoms with E-state index in [0.29, 0.717) is 27.5 Å². The molecular weight excluding hydrogens is 451 g/mol. The molecule has 1 aromatic heterocycles. The highest BCUT2D eigenvalue weighted by atomic mass is 32.1. The zero-order chi connectivity index (χ0) is 23.4. The molecular formula is C25H24F3NO3S. The van der Waals surface area contributed by atoms with Crippen molar-refractivity contribution in [3.63, 3.8) is 0 Å². The standard InChI is InChI=1S/C25H24F3NO3S/c26-25(27,28)24-22(19-4-2-1-3-5-19)13-21(33-24)16-32-20-8-6-17(7-9-20)14-29-11-10-18(15-29)12-23(30)31/h1-9,13,18H,10-12,14-16H2,(H,30,31). The number of carbonyl (C=O) groups is 1. The molecule has 1 fully saturated rings. The third-order valence-corrected chi connectivity index (χ3v) is 6.82. The molecule has 1 N–H and O–H groups in total. The average Bonchev–Trinajstić information content (AvgIpc) is 3.40. The van der Waals surface area contributed by atoms with Crippen molar-refractivity contribution in [1.82, 2.24) is 4.90 Å². The smallest absolute Gasteiger partial charge is 0.426 e. The number of aliphatic carboxylic acids is 1. The average molecular weight is 476 g/mol. The minimum Gasteiger partial charge on any atom is -0.488 e. The number of likely N-dealkylation sites (tertiary alicyclic amines) is 1. The topological polar surface area (TPSA) is 49.8 Å². The van der Waals surface area contributed by atoms with Crippen LogP contribution in [0.5, 0.6) is 5.75 Å². The molecule has 0 saturated carbocycles. The van der Waals surface area contributed by atoms with Gasteiger partial charge in [0, 0.05) is 30.0 Å². The number of hydrogen-bond acceptors (Lipinski definition) is 4. The predicted molar refractivity (Wildman–Crippen MR) is 121 cm³/mol. The van der Waals surface area contributed by atoms with Gasteiger partial charge in [-0.2, -0.15) is 13.2 Å². The highest BCUT2D eigenvalue weighted by Crippen LogP contribution is 2.43. The summed E-state index contributed by atoms with van der Waals surface area (Å²) < 4.78 is 46.4. The highest BCUT2D eigenvalue weighted by Gasteiger charge is 2.36. The fourth-order valence-corrected chi connectivity index (χ4v) is 5.09. The summed E-state index contributed by atoms with van der Waals surface area (Å²) in [4.78, 5) is 13.0. The summed E-state index contributed by atoms with van der Waals surface area (Å²) in [7, 11) is 0. The van der Waals surface area contributed by atoms with Crippen LogP contribution in [-0.4, -0.2) is 29.1 Å². The van der Waals surface area contributed by atoms with E-state index in [1.165, 1.54) is 0 Å².